The van der Waals surface area contributed by atoms with Crippen LogP contribution in [0.25, 0.3) is 0 Å². The molecule has 0 aliphatic heterocycles. The van der Waals surface area contributed by atoms with Crippen LogP contribution in [-0.4, -0.2) is 17.7 Å². The Kier molecular flexibility index (Phi) is 4.91. The summed E-state index contributed by atoms with van der Waals surface area (Å²) in [5.74, 6) is 4.90. The molecule has 2 rings (SSSR count). The number of amides is 2. The number of urea groups is 1. The van der Waals surface area contributed by atoms with E-state index in [9.17, 15) is 9.18 Å². The smallest absolute Gasteiger partial charge is 0.323 e. The molecular weight excluding hydrogens is 271 g/mol. The number of hydrogen-bond acceptors (Lipinski definition) is 2. The van der Waals surface area contributed by atoms with Gasteiger partial charge < -0.3 is 15.7 Å². The number of nitrogens with one attached hydrogen (secondary N) is 2. The summed E-state index contributed by atoms with van der Waals surface area (Å²) in [6.45, 7) is -0.254. The zero-order valence-corrected chi connectivity index (χ0v) is 11.1. The van der Waals surface area contributed by atoms with E-state index in [1.807, 2.05) is 0 Å². The Morgan fingerprint density at radius 2 is 1.81 bits per heavy atom. The Morgan fingerprint density at radius 3 is 2.52 bits per heavy atom. The van der Waals surface area contributed by atoms with E-state index in [2.05, 4.69) is 22.5 Å². The van der Waals surface area contributed by atoms with Crippen molar-refractivity contribution in [1.29, 1.82) is 0 Å². The highest BCUT2D eigenvalue weighted by molar-refractivity contribution is 6.00. The molecule has 0 unspecified atom stereocenters. The highest BCUT2D eigenvalue weighted by Crippen LogP contribution is 2.15. The molecule has 2 aromatic carbocycles. The van der Waals surface area contributed by atoms with Crippen LogP contribution in [0.4, 0.5) is 20.6 Å². The van der Waals surface area contributed by atoms with Crippen LogP contribution >= 0.6 is 0 Å². The van der Waals surface area contributed by atoms with Gasteiger partial charge in [0, 0.05) is 11.3 Å². The maximum atomic E-state index is 12.8. The number of aliphatic hydroxyl groups is 1. The number of benzene rings is 2. The molecule has 0 bridgehead atoms. The summed E-state index contributed by atoms with van der Waals surface area (Å²) in [5, 5.41) is 14.0. The van der Waals surface area contributed by atoms with Crippen molar-refractivity contribution >= 4 is 17.4 Å². The van der Waals surface area contributed by atoms with Gasteiger partial charge in [0.05, 0.1) is 5.69 Å². The molecule has 3 N–H and O–H groups in total. The van der Waals surface area contributed by atoms with E-state index in [1.165, 1.54) is 24.3 Å². The molecule has 5 heteroatoms. The summed E-state index contributed by atoms with van der Waals surface area (Å²) in [6, 6.07) is 12.0. The second-order valence-electron chi connectivity index (χ2n) is 4.09. The lowest BCUT2D eigenvalue weighted by molar-refractivity contribution is 0.262. The third kappa shape index (κ3) is 4.34. The van der Waals surface area contributed by atoms with Gasteiger partial charge in [0.1, 0.15) is 12.4 Å². The lowest BCUT2D eigenvalue weighted by Crippen LogP contribution is -2.19. The Morgan fingerprint density at radius 1 is 1.10 bits per heavy atom. The third-order valence-corrected chi connectivity index (χ3v) is 2.58. The van der Waals surface area contributed by atoms with Crippen LogP contribution in [-0.2, 0) is 0 Å². The summed E-state index contributed by atoms with van der Waals surface area (Å²) in [6.07, 6.45) is 0. The molecule has 0 saturated heterocycles. The van der Waals surface area contributed by atoms with Gasteiger partial charge in [-0.1, -0.05) is 24.0 Å². The van der Waals surface area contributed by atoms with Gasteiger partial charge in [-0.05, 0) is 36.4 Å². The Bertz CT molecular complexity index is 687. The molecule has 0 atom stereocenters. The van der Waals surface area contributed by atoms with Crippen molar-refractivity contribution in [2.75, 3.05) is 17.2 Å². The van der Waals surface area contributed by atoms with Crippen LogP contribution in [0, 0.1) is 17.7 Å². The van der Waals surface area contributed by atoms with Crippen molar-refractivity contribution in [3.05, 3.63) is 59.9 Å². The summed E-state index contributed by atoms with van der Waals surface area (Å²) in [5.41, 5.74) is 1.60. The fourth-order valence-electron chi connectivity index (χ4n) is 1.65. The zero-order valence-electron chi connectivity index (χ0n) is 11.1. The molecule has 0 radical (unpaired) electrons. The normalized spacial score (nSPS) is 9.43. The van der Waals surface area contributed by atoms with Crippen LogP contribution in [0.2, 0.25) is 0 Å². The van der Waals surface area contributed by atoms with Crippen LogP contribution in [0.15, 0.2) is 48.5 Å². The minimum atomic E-state index is -0.458. The second kappa shape index (κ2) is 7.08. The Balaban J connectivity index is 2.07. The predicted octanol–water partition coefficient (Wildman–Crippen LogP) is 2.81. The monoisotopic (exact) mass is 284 g/mol. The maximum absolute atomic E-state index is 12.8. The van der Waals surface area contributed by atoms with Gasteiger partial charge in [-0.2, -0.15) is 0 Å². The van der Waals surface area contributed by atoms with Crippen molar-refractivity contribution in [2.45, 2.75) is 0 Å². The number of rotatable bonds is 2. The van der Waals surface area contributed by atoms with E-state index >= 15 is 0 Å². The fourth-order valence-corrected chi connectivity index (χ4v) is 1.65. The molecule has 21 heavy (non-hydrogen) atoms. The van der Waals surface area contributed by atoms with Crippen LogP contribution in [0.5, 0.6) is 0 Å². The van der Waals surface area contributed by atoms with Crippen molar-refractivity contribution in [3.8, 4) is 11.8 Å². The van der Waals surface area contributed by atoms with E-state index in [0.717, 1.165) is 0 Å². The van der Waals surface area contributed by atoms with E-state index in [1.54, 1.807) is 24.3 Å². The molecule has 2 aromatic rings. The van der Waals surface area contributed by atoms with Gasteiger partial charge in [-0.15, -0.1) is 0 Å². The Hall–Kier alpha value is -2.84. The number of aliphatic hydroxyl groups excluding tert-OH is 1. The molecule has 0 fully saturated rings. The van der Waals surface area contributed by atoms with Crippen LogP contribution in [0.3, 0.4) is 0 Å². The molecule has 4 nitrogen and oxygen atoms in total. The topological polar surface area (TPSA) is 61.4 Å². The highest BCUT2D eigenvalue weighted by Gasteiger charge is 2.05. The average molecular weight is 284 g/mol. The predicted molar refractivity (Wildman–Crippen MR) is 79.4 cm³/mol. The standard InChI is InChI=1S/C16H13FN2O2/c17-13-7-9-14(10-8-13)18-16(21)19-15-6-2-1-4-12(15)5-3-11-20/h1-2,4,6-10,20H,11H2,(H2,18,19,21). The first-order valence-electron chi connectivity index (χ1n) is 6.21. The number of carbonyl (C=O) groups is 1. The van der Waals surface area contributed by atoms with Crippen LogP contribution < -0.4 is 10.6 Å². The number of para-hydroxylation sites is 1. The molecule has 0 heterocycles. The highest BCUT2D eigenvalue weighted by atomic mass is 19.1. The molecule has 0 aromatic heterocycles. The maximum Gasteiger partial charge on any atom is 0.323 e. The van der Waals surface area contributed by atoms with Crippen molar-refractivity contribution in [1.82, 2.24) is 0 Å². The molecule has 0 spiro atoms. The summed E-state index contributed by atoms with van der Waals surface area (Å²) < 4.78 is 12.8. The van der Waals surface area contributed by atoms with E-state index < -0.39 is 6.03 Å². The second-order valence-corrected chi connectivity index (χ2v) is 4.09. The molecule has 2 amide bonds. The van der Waals surface area contributed by atoms with Crippen molar-refractivity contribution in [2.24, 2.45) is 0 Å². The minimum absolute atomic E-state index is 0.254. The Labute approximate surface area is 121 Å². The van der Waals surface area contributed by atoms with Gasteiger partial charge in [-0.25, -0.2) is 9.18 Å². The van der Waals surface area contributed by atoms with E-state index in [0.29, 0.717) is 16.9 Å². The lowest BCUT2D eigenvalue weighted by Gasteiger charge is -2.09. The SMILES string of the molecule is O=C(Nc1ccc(F)cc1)Nc1ccccc1C#CCO. The van der Waals surface area contributed by atoms with E-state index in [-0.39, 0.29) is 12.4 Å². The van der Waals surface area contributed by atoms with E-state index in [4.69, 9.17) is 5.11 Å². The zero-order chi connectivity index (χ0) is 15.1. The van der Waals surface area contributed by atoms with Crippen molar-refractivity contribution < 1.29 is 14.3 Å². The first-order chi connectivity index (χ1) is 10.2. The summed E-state index contributed by atoms with van der Waals surface area (Å²) in [4.78, 5) is 11.9. The van der Waals surface area contributed by atoms with Crippen LogP contribution in [0.1, 0.15) is 5.56 Å². The third-order valence-electron chi connectivity index (χ3n) is 2.58. The molecule has 0 saturated carbocycles. The molecular formula is C16H13FN2O2. The van der Waals surface area contributed by atoms with Gasteiger partial charge in [-0.3, -0.25) is 0 Å². The van der Waals surface area contributed by atoms with Gasteiger partial charge >= 0.3 is 6.03 Å². The van der Waals surface area contributed by atoms with Gasteiger partial charge in [0.25, 0.3) is 0 Å². The quantitative estimate of drug-likeness (QED) is 0.743. The summed E-state index contributed by atoms with van der Waals surface area (Å²) in [7, 11) is 0. The summed E-state index contributed by atoms with van der Waals surface area (Å²) >= 11 is 0. The molecule has 0 aliphatic carbocycles. The minimum Gasteiger partial charge on any atom is -0.384 e. The largest absolute Gasteiger partial charge is 0.384 e. The lowest BCUT2D eigenvalue weighted by atomic mass is 10.2. The van der Waals surface area contributed by atoms with Gasteiger partial charge in [0.2, 0.25) is 0 Å². The fraction of sp³-hybridized carbons (Fsp3) is 0.0625. The van der Waals surface area contributed by atoms with Crippen molar-refractivity contribution in [3.63, 3.8) is 0 Å². The molecule has 106 valence electrons. The average Bonchev–Trinajstić information content (AvgIpc) is 2.49. The molecule has 0 aliphatic rings. The first-order valence-corrected chi connectivity index (χ1v) is 6.21. The number of halogens is 1. The number of carbonyl (C=O) groups excluding carboxylic acids is 1. The number of anilines is 2. The van der Waals surface area contributed by atoms with Gasteiger partial charge in [0.15, 0.2) is 0 Å². The number of hydrogen-bond donors (Lipinski definition) is 3. The first kappa shape index (κ1) is 14.6.